The van der Waals surface area contributed by atoms with Gasteiger partial charge >= 0.3 is 0 Å². The van der Waals surface area contributed by atoms with E-state index < -0.39 is 0 Å². The van der Waals surface area contributed by atoms with E-state index in [0.29, 0.717) is 16.7 Å². The van der Waals surface area contributed by atoms with Crippen LogP contribution in [0.1, 0.15) is 37.4 Å². The van der Waals surface area contributed by atoms with Crippen LogP contribution in [0.25, 0.3) is 0 Å². The number of amides is 1. The van der Waals surface area contributed by atoms with Gasteiger partial charge in [0, 0.05) is 5.02 Å². The lowest BCUT2D eigenvalue weighted by atomic mass is 9.97. The van der Waals surface area contributed by atoms with E-state index in [4.69, 9.17) is 21.1 Å². The van der Waals surface area contributed by atoms with Crippen molar-refractivity contribution in [2.45, 2.75) is 33.2 Å². The van der Waals surface area contributed by atoms with Gasteiger partial charge in [-0.1, -0.05) is 37.6 Å². The van der Waals surface area contributed by atoms with Crippen LogP contribution in [-0.2, 0) is 4.79 Å². The molecule has 0 saturated heterocycles. The average Bonchev–Trinajstić information content (AvgIpc) is 2.62. The number of nitrogens with one attached hydrogen (secondary N) is 1. The fraction of sp³-hybridized carbons (Fsp3) is 0.381. The zero-order chi connectivity index (χ0) is 19.1. The SMILES string of the molecule is COc1ccc([C@H](CC(C)C)NC(=O)COc2ccc(Cl)c(C)c2)cc1. The van der Waals surface area contributed by atoms with Crippen LogP contribution < -0.4 is 14.8 Å². The van der Waals surface area contributed by atoms with E-state index in [0.717, 1.165) is 23.3 Å². The summed E-state index contributed by atoms with van der Waals surface area (Å²) in [6, 6.07) is 13.1. The normalized spacial score (nSPS) is 11.9. The van der Waals surface area contributed by atoms with Crippen LogP contribution in [0.4, 0.5) is 0 Å². The molecule has 2 rings (SSSR count). The minimum Gasteiger partial charge on any atom is -0.497 e. The van der Waals surface area contributed by atoms with Crippen LogP contribution in [0.2, 0.25) is 5.02 Å². The van der Waals surface area contributed by atoms with Crippen LogP contribution in [0.3, 0.4) is 0 Å². The average molecular weight is 376 g/mol. The lowest BCUT2D eigenvalue weighted by Gasteiger charge is -2.21. The number of aryl methyl sites for hydroxylation is 1. The van der Waals surface area contributed by atoms with Crippen molar-refractivity contribution in [2.24, 2.45) is 5.92 Å². The molecule has 1 atom stereocenters. The van der Waals surface area contributed by atoms with Crippen molar-refractivity contribution in [3.05, 3.63) is 58.6 Å². The molecule has 0 saturated carbocycles. The number of hydrogen-bond acceptors (Lipinski definition) is 3. The molecule has 0 heterocycles. The Morgan fingerprint density at radius 2 is 1.77 bits per heavy atom. The maximum absolute atomic E-state index is 12.4. The lowest BCUT2D eigenvalue weighted by molar-refractivity contribution is -0.124. The van der Waals surface area contributed by atoms with E-state index >= 15 is 0 Å². The van der Waals surface area contributed by atoms with Gasteiger partial charge in [0.15, 0.2) is 6.61 Å². The van der Waals surface area contributed by atoms with E-state index in [2.05, 4.69) is 19.2 Å². The van der Waals surface area contributed by atoms with Gasteiger partial charge in [-0.2, -0.15) is 0 Å². The molecule has 0 fully saturated rings. The van der Waals surface area contributed by atoms with Crippen molar-refractivity contribution in [3.8, 4) is 11.5 Å². The highest BCUT2D eigenvalue weighted by Crippen LogP contribution is 2.24. The monoisotopic (exact) mass is 375 g/mol. The summed E-state index contributed by atoms with van der Waals surface area (Å²) in [6.45, 7) is 6.13. The van der Waals surface area contributed by atoms with Crippen molar-refractivity contribution in [1.82, 2.24) is 5.32 Å². The van der Waals surface area contributed by atoms with Gasteiger partial charge in [-0.05, 0) is 60.7 Å². The summed E-state index contributed by atoms with van der Waals surface area (Å²) >= 11 is 6.01. The van der Waals surface area contributed by atoms with E-state index in [1.54, 1.807) is 19.2 Å². The van der Waals surface area contributed by atoms with Gasteiger partial charge in [-0.15, -0.1) is 0 Å². The molecule has 0 spiro atoms. The van der Waals surface area contributed by atoms with Gasteiger partial charge in [0.05, 0.1) is 13.2 Å². The van der Waals surface area contributed by atoms with E-state index in [1.807, 2.05) is 37.3 Å². The third kappa shape index (κ3) is 5.95. The molecule has 140 valence electrons. The van der Waals surface area contributed by atoms with Crippen LogP contribution >= 0.6 is 11.6 Å². The second-order valence-electron chi connectivity index (χ2n) is 6.72. The van der Waals surface area contributed by atoms with Crippen molar-refractivity contribution >= 4 is 17.5 Å². The number of halogens is 1. The molecule has 2 aromatic rings. The summed E-state index contributed by atoms with van der Waals surface area (Å²) in [6.07, 6.45) is 0.845. The highest BCUT2D eigenvalue weighted by molar-refractivity contribution is 6.31. The Bertz CT molecular complexity index is 729. The lowest BCUT2D eigenvalue weighted by Crippen LogP contribution is -2.33. The summed E-state index contributed by atoms with van der Waals surface area (Å²) in [5, 5.41) is 3.75. The number of ether oxygens (including phenoxy) is 2. The molecule has 0 aromatic heterocycles. The zero-order valence-corrected chi connectivity index (χ0v) is 16.5. The number of hydrogen-bond donors (Lipinski definition) is 1. The van der Waals surface area contributed by atoms with E-state index in [9.17, 15) is 4.79 Å². The first-order chi connectivity index (χ1) is 12.4. The second kappa shape index (κ2) is 9.48. The quantitative estimate of drug-likeness (QED) is 0.710. The Kier molecular flexibility index (Phi) is 7.34. The molecule has 0 unspecified atom stereocenters. The molecule has 0 aliphatic heterocycles. The standard InChI is InChI=1S/C21H26ClNO3/c1-14(2)11-20(16-5-7-17(25-4)8-6-16)23-21(24)13-26-18-9-10-19(22)15(3)12-18/h5-10,12,14,20H,11,13H2,1-4H3,(H,23,24)/t20-/m0/s1. The first-order valence-corrected chi connectivity index (χ1v) is 9.09. The summed E-state index contributed by atoms with van der Waals surface area (Å²) in [5.74, 6) is 1.72. The molecule has 0 radical (unpaired) electrons. The van der Waals surface area contributed by atoms with Crippen molar-refractivity contribution in [3.63, 3.8) is 0 Å². The molecular formula is C21H26ClNO3. The van der Waals surface area contributed by atoms with Crippen LogP contribution in [0.5, 0.6) is 11.5 Å². The summed E-state index contributed by atoms with van der Waals surface area (Å²) in [4.78, 5) is 12.4. The molecule has 26 heavy (non-hydrogen) atoms. The minimum atomic E-state index is -0.154. The predicted molar refractivity (Wildman–Crippen MR) is 105 cm³/mol. The Morgan fingerprint density at radius 3 is 2.35 bits per heavy atom. The molecule has 0 bridgehead atoms. The minimum absolute atomic E-state index is 0.0359. The van der Waals surface area contributed by atoms with Crippen molar-refractivity contribution in [2.75, 3.05) is 13.7 Å². The topological polar surface area (TPSA) is 47.6 Å². The Morgan fingerprint density at radius 1 is 1.12 bits per heavy atom. The fourth-order valence-corrected chi connectivity index (χ4v) is 2.80. The Hall–Kier alpha value is -2.20. The summed E-state index contributed by atoms with van der Waals surface area (Å²) in [5.41, 5.74) is 1.97. The third-order valence-corrected chi connectivity index (χ3v) is 4.48. The zero-order valence-electron chi connectivity index (χ0n) is 15.7. The number of carbonyl (C=O) groups excluding carboxylic acids is 1. The highest BCUT2D eigenvalue weighted by atomic mass is 35.5. The van der Waals surface area contributed by atoms with E-state index in [1.165, 1.54) is 0 Å². The summed E-state index contributed by atoms with van der Waals surface area (Å²) in [7, 11) is 1.64. The van der Waals surface area contributed by atoms with Gasteiger partial charge in [-0.3, -0.25) is 4.79 Å². The maximum Gasteiger partial charge on any atom is 0.258 e. The Balaban J connectivity index is 1.99. The summed E-state index contributed by atoms with van der Waals surface area (Å²) < 4.78 is 10.8. The van der Waals surface area contributed by atoms with Crippen LogP contribution in [-0.4, -0.2) is 19.6 Å². The van der Waals surface area contributed by atoms with Gasteiger partial charge < -0.3 is 14.8 Å². The number of methoxy groups -OCH3 is 1. The maximum atomic E-state index is 12.4. The molecule has 4 nitrogen and oxygen atoms in total. The number of benzene rings is 2. The first-order valence-electron chi connectivity index (χ1n) is 8.71. The predicted octanol–water partition coefficient (Wildman–Crippen LogP) is 4.94. The van der Waals surface area contributed by atoms with Gasteiger partial charge in [0.2, 0.25) is 0 Å². The molecule has 1 amide bonds. The molecular weight excluding hydrogens is 350 g/mol. The van der Waals surface area contributed by atoms with Gasteiger partial charge in [-0.25, -0.2) is 0 Å². The third-order valence-electron chi connectivity index (χ3n) is 4.06. The van der Waals surface area contributed by atoms with Crippen LogP contribution in [0.15, 0.2) is 42.5 Å². The Labute approximate surface area is 160 Å². The van der Waals surface area contributed by atoms with Crippen LogP contribution in [0, 0.1) is 12.8 Å². The largest absolute Gasteiger partial charge is 0.497 e. The number of rotatable bonds is 8. The van der Waals surface area contributed by atoms with Gasteiger partial charge in [0.25, 0.3) is 5.91 Å². The molecule has 0 aliphatic carbocycles. The molecule has 2 aromatic carbocycles. The van der Waals surface area contributed by atoms with Gasteiger partial charge in [0.1, 0.15) is 11.5 Å². The molecule has 5 heteroatoms. The smallest absolute Gasteiger partial charge is 0.258 e. The molecule has 1 N–H and O–H groups in total. The van der Waals surface area contributed by atoms with E-state index in [-0.39, 0.29) is 18.6 Å². The molecule has 0 aliphatic rings. The highest BCUT2D eigenvalue weighted by Gasteiger charge is 2.17. The van der Waals surface area contributed by atoms with Crippen molar-refractivity contribution in [1.29, 1.82) is 0 Å². The fourth-order valence-electron chi connectivity index (χ4n) is 2.68. The first kappa shape index (κ1) is 20.1. The number of carbonyl (C=O) groups is 1. The van der Waals surface area contributed by atoms with Crippen molar-refractivity contribution < 1.29 is 14.3 Å². The second-order valence-corrected chi connectivity index (χ2v) is 7.13.